The third-order valence-electron chi connectivity index (χ3n) is 3.49. The van der Waals surface area contributed by atoms with E-state index < -0.39 is 0 Å². The SMILES string of the molecule is CCNC(c1cncc(OC)c1)C1CCOCC1. The summed E-state index contributed by atoms with van der Waals surface area (Å²) in [4.78, 5) is 4.26. The van der Waals surface area contributed by atoms with Crippen LogP contribution in [0.4, 0.5) is 0 Å². The summed E-state index contributed by atoms with van der Waals surface area (Å²) in [5.41, 5.74) is 1.21. The fourth-order valence-electron chi connectivity index (χ4n) is 2.54. The van der Waals surface area contributed by atoms with E-state index in [0.717, 1.165) is 38.3 Å². The minimum absolute atomic E-state index is 0.349. The number of pyridine rings is 1. The van der Waals surface area contributed by atoms with Crippen molar-refractivity contribution in [3.05, 3.63) is 24.0 Å². The van der Waals surface area contributed by atoms with Gasteiger partial charge < -0.3 is 14.8 Å². The van der Waals surface area contributed by atoms with E-state index in [1.807, 2.05) is 6.20 Å². The van der Waals surface area contributed by atoms with E-state index in [2.05, 4.69) is 23.3 Å². The van der Waals surface area contributed by atoms with Crippen LogP contribution in [-0.2, 0) is 4.74 Å². The molecule has 1 N–H and O–H groups in total. The van der Waals surface area contributed by atoms with E-state index in [-0.39, 0.29) is 0 Å². The van der Waals surface area contributed by atoms with Crippen LogP contribution in [-0.4, -0.2) is 31.9 Å². The van der Waals surface area contributed by atoms with Gasteiger partial charge in [0.2, 0.25) is 0 Å². The average Bonchev–Trinajstić information content (AvgIpc) is 2.46. The Hall–Kier alpha value is -1.13. The van der Waals surface area contributed by atoms with Crippen molar-refractivity contribution in [1.29, 1.82) is 0 Å². The first-order valence-electron chi connectivity index (χ1n) is 6.65. The summed E-state index contributed by atoms with van der Waals surface area (Å²) in [6.45, 7) is 4.83. The standard InChI is InChI=1S/C14H22N2O2/c1-3-16-14(11-4-6-18-7-5-11)12-8-13(17-2)10-15-9-12/h8-11,14,16H,3-7H2,1-2H3. The zero-order chi connectivity index (χ0) is 12.8. The van der Waals surface area contributed by atoms with Crippen molar-refractivity contribution in [3.8, 4) is 5.75 Å². The molecule has 2 rings (SSSR count). The molecule has 0 bridgehead atoms. The number of nitrogens with zero attached hydrogens (tertiary/aromatic N) is 1. The maximum absolute atomic E-state index is 5.44. The zero-order valence-corrected chi connectivity index (χ0v) is 11.2. The number of rotatable bonds is 5. The Kier molecular flexibility index (Phi) is 4.96. The molecule has 2 heterocycles. The molecule has 0 spiro atoms. The predicted octanol–water partition coefficient (Wildman–Crippen LogP) is 2.17. The molecule has 1 aromatic rings. The summed E-state index contributed by atoms with van der Waals surface area (Å²) >= 11 is 0. The van der Waals surface area contributed by atoms with Crippen molar-refractivity contribution >= 4 is 0 Å². The number of methoxy groups -OCH3 is 1. The van der Waals surface area contributed by atoms with Crippen LogP contribution in [0, 0.1) is 5.92 Å². The van der Waals surface area contributed by atoms with Gasteiger partial charge in [-0.3, -0.25) is 4.98 Å². The second-order valence-corrected chi connectivity index (χ2v) is 4.64. The molecule has 1 aliphatic heterocycles. The van der Waals surface area contributed by atoms with Crippen LogP contribution in [0.15, 0.2) is 18.5 Å². The van der Waals surface area contributed by atoms with E-state index in [1.165, 1.54) is 5.56 Å². The smallest absolute Gasteiger partial charge is 0.137 e. The highest BCUT2D eigenvalue weighted by Crippen LogP contribution is 2.30. The topological polar surface area (TPSA) is 43.4 Å². The Bertz CT molecular complexity index is 365. The second kappa shape index (κ2) is 6.71. The molecule has 1 unspecified atom stereocenters. The number of hydrogen-bond acceptors (Lipinski definition) is 4. The first-order valence-corrected chi connectivity index (χ1v) is 6.65. The van der Waals surface area contributed by atoms with Gasteiger partial charge in [-0.25, -0.2) is 0 Å². The summed E-state index contributed by atoms with van der Waals surface area (Å²) in [7, 11) is 1.68. The molecule has 18 heavy (non-hydrogen) atoms. The van der Waals surface area contributed by atoms with Gasteiger partial charge in [0.05, 0.1) is 13.3 Å². The third-order valence-corrected chi connectivity index (χ3v) is 3.49. The minimum atomic E-state index is 0.349. The highest BCUT2D eigenvalue weighted by molar-refractivity contribution is 5.26. The van der Waals surface area contributed by atoms with E-state index in [9.17, 15) is 0 Å². The number of hydrogen-bond donors (Lipinski definition) is 1. The fraction of sp³-hybridized carbons (Fsp3) is 0.643. The van der Waals surface area contributed by atoms with Crippen LogP contribution in [0.3, 0.4) is 0 Å². The normalized spacial score (nSPS) is 18.6. The molecular weight excluding hydrogens is 228 g/mol. The van der Waals surface area contributed by atoms with E-state index in [4.69, 9.17) is 9.47 Å². The number of aromatic nitrogens is 1. The Labute approximate surface area is 109 Å². The first-order chi connectivity index (χ1) is 8.85. The van der Waals surface area contributed by atoms with Gasteiger partial charge in [0.1, 0.15) is 5.75 Å². The van der Waals surface area contributed by atoms with Crippen molar-refractivity contribution in [2.75, 3.05) is 26.9 Å². The summed E-state index contributed by atoms with van der Waals surface area (Å²) in [5.74, 6) is 1.44. The average molecular weight is 250 g/mol. The van der Waals surface area contributed by atoms with E-state index in [0.29, 0.717) is 12.0 Å². The molecular formula is C14H22N2O2. The van der Waals surface area contributed by atoms with Gasteiger partial charge in [0, 0.05) is 25.5 Å². The molecule has 0 aromatic carbocycles. The first kappa shape index (κ1) is 13.3. The van der Waals surface area contributed by atoms with E-state index >= 15 is 0 Å². The van der Waals surface area contributed by atoms with Crippen LogP contribution in [0.25, 0.3) is 0 Å². The van der Waals surface area contributed by atoms with Gasteiger partial charge in [-0.15, -0.1) is 0 Å². The molecule has 1 atom stereocenters. The Balaban J connectivity index is 2.16. The largest absolute Gasteiger partial charge is 0.495 e. The molecule has 4 heteroatoms. The van der Waals surface area contributed by atoms with Gasteiger partial charge >= 0.3 is 0 Å². The quantitative estimate of drug-likeness (QED) is 0.869. The number of nitrogens with one attached hydrogen (secondary N) is 1. The van der Waals surface area contributed by atoms with Gasteiger partial charge in [-0.05, 0) is 36.9 Å². The molecule has 1 fully saturated rings. The molecule has 100 valence electrons. The van der Waals surface area contributed by atoms with E-state index in [1.54, 1.807) is 13.3 Å². The molecule has 0 aliphatic carbocycles. The fourth-order valence-corrected chi connectivity index (χ4v) is 2.54. The minimum Gasteiger partial charge on any atom is -0.495 e. The summed E-state index contributed by atoms with van der Waals surface area (Å²) < 4.78 is 10.7. The summed E-state index contributed by atoms with van der Waals surface area (Å²) in [6.07, 6.45) is 5.89. The predicted molar refractivity (Wildman–Crippen MR) is 70.7 cm³/mol. The summed E-state index contributed by atoms with van der Waals surface area (Å²) in [6, 6.07) is 2.43. The third kappa shape index (κ3) is 3.21. The lowest BCUT2D eigenvalue weighted by Crippen LogP contribution is -2.32. The highest BCUT2D eigenvalue weighted by atomic mass is 16.5. The monoisotopic (exact) mass is 250 g/mol. The Morgan fingerprint density at radius 3 is 2.89 bits per heavy atom. The van der Waals surface area contributed by atoms with Crippen LogP contribution in [0.5, 0.6) is 5.75 Å². The van der Waals surface area contributed by atoms with Gasteiger partial charge in [-0.2, -0.15) is 0 Å². The lowest BCUT2D eigenvalue weighted by molar-refractivity contribution is 0.0537. The molecule has 1 aromatic heterocycles. The molecule has 0 amide bonds. The second-order valence-electron chi connectivity index (χ2n) is 4.64. The maximum Gasteiger partial charge on any atom is 0.137 e. The van der Waals surface area contributed by atoms with Gasteiger partial charge in [0.25, 0.3) is 0 Å². The van der Waals surface area contributed by atoms with Crippen molar-refractivity contribution in [2.24, 2.45) is 5.92 Å². The van der Waals surface area contributed by atoms with Crippen molar-refractivity contribution in [3.63, 3.8) is 0 Å². The molecule has 4 nitrogen and oxygen atoms in total. The Morgan fingerprint density at radius 2 is 2.22 bits per heavy atom. The lowest BCUT2D eigenvalue weighted by Gasteiger charge is -2.31. The Morgan fingerprint density at radius 1 is 1.44 bits per heavy atom. The molecule has 0 saturated carbocycles. The van der Waals surface area contributed by atoms with Crippen LogP contribution in [0.2, 0.25) is 0 Å². The van der Waals surface area contributed by atoms with Gasteiger partial charge in [0.15, 0.2) is 0 Å². The molecule has 1 saturated heterocycles. The van der Waals surface area contributed by atoms with Crippen molar-refractivity contribution in [2.45, 2.75) is 25.8 Å². The zero-order valence-electron chi connectivity index (χ0n) is 11.2. The van der Waals surface area contributed by atoms with Crippen LogP contribution in [0.1, 0.15) is 31.4 Å². The highest BCUT2D eigenvalue weighted by Gasteiger charge is 2.25. The summed E-state index contributed by atoms with van der Waals surface area (Å²) in [5, 5.41) is 3.57. The van der Waals surface area contributed by atoms with Crippen molar-refractivity contribution < 1.29 is 9.47 Å². The van der Waals surface area contributed by atoms with Crippen molar-refractivity contribution in [1.82, 2.24) is 10.3 Å². The maximum atomic E-state index is 5.44. The molecule has 1 aliphatic rings. The lowest BCUT2D eigenvalue weighted by atomic mass is 9.87. The van der Waals surface area contributed by atoms with Crippen LogP contribution >= 0.6 is 0 Å². The van der Waals surface area contributed by atoms with Gasteiger partial charge in [-0.1, -0.05) is 6.92 Å². The number of ether oxygens (including phenoxy) is 2. The molecule has 0 radical (unpaired) electrons. The van der Waals surface area contributed by atoms with Crippen LogP contribution < -0.4 is 10.1 Å².